The van der Waals surface area contributed by atoms with Gasteiger partial charge in [0.25, 0.3) is 5.91 Å². The number of benzene rings is 1. The number of hydrogen-bond donors (Lipinski definition) is 1. The van der Waals surface area contributed by atoms with Crippen molar-refractivity contribution in [2.75, 3.05) is 19.7 Å². The van der Waals surface area contributed by atoms with Gasteiger partial charge in [-0.05, 0) is 56.7 Å². The summed E-state index contributed by atoms with van der Waals surface area (Å²) < 4.78 is 5.66. The Bertz CT molecular complexity index is 618. The van der Waals surface area contributed by atoms with Crippen LogP contribution < -0.4 is 10.1 Å². The summed E-state index contributed by atoms with van der Waals surface area (Å²) in [6.45, 7) is 9.57. The minimum atomic E-state index is -0.101. The monoisotopic (exact) mass is 360 g/mol. The van der Waals surface area contributed by atoms with E-state index in [9.17, 15) is 9.59 Å². The highest BCUT2D eigenvalue weighted by Gasteiger charge is 2.27. The molecule has 1 N–H and O–H groups in total. The van der Waals surface area contributed by atoms with Gasteiger partial charge < -0.3 is 15.0 Å². The van der Waals surface area contributed by atoms with Gasteiger partial charge in [0.15, 0.2) is 6.61 Å². The molecular formula is C21H32N2O3. The number of carbonyl (C=O) groups is 2. The molecule has 0 unspecified atom stereocenters. The molecule has 1 fully saturated rings. The van der Waals surface area contributed by atoms with Gasteiger partial charge in [-0.2, -0.15) is 0 Å². The molecule has 1 aromatic carbocycles. The summed E-state index contributed by atoms with van der Waals surface area (Å²) in [5, 5.41) is 3.04. The smallest absolute Gasteiger partial charge is 0.258 e. The molecule has 1 saturated heterocycles. The second kappa shape index (κ2) is 9.60. The average Bonchev–Trinajstić information content (AvgIpc) is 2.64. The zero-order valence-corrected chi connectivity index (χ0v) is 16.5. The van der Waals surface area contributed by atoms with E-state index in [1.807, 2.05) is 36.9 Å². The van der Waals surface area contributed by atoms with E-state index in [-0.39, 0.29) is 30.4 Å². The SMILES string of the molecule is CCC(CC)C(=O)N1CCC(NC(=O)COc2cc(C)ccc2C)CC1. The lowest BCUT2D eigenvalue weighted by molar-refractivity contribution is -0.137. The Morgan fingerprint density at radius 2 is 1.85 bits per heavy atom. The molecule has 0 aromatic heterocycles. The molecule has 26 heavy (non-hydrogen) atoms. The van der Waals surface area contributed by atoms with Crippen LogP contribution in [0.5, 0.6) is 5.75 Å². The summed E-state index contributed by atoms with van der Waals surface area (Å²) in [6, 6.07) is 6.09. The maximum Gasteiger partial charge on any atom is 0.258 e. The molecule has 0 atom stereocenters. The maximum atomic E-state index is 12.4. The van der Waals surface area contributed by atoms with Gasteiger partial charge in [-0.25, -0.2) is 0 Å². The van der Waals surface area contributed by atoms with Gasteiger partial charge >= 0.3 is 0 Å². The lowest BCUT2D eigenvalue weighted by Crippen LogP contribution is -2.48. The van der Waals surface area contributed by atoms with Gasteiger partial charge in [0.2, 0.25) is 5.91 Å². The first-order valence-electron chi connectivity index (χ1n) is 9.72. The number of rotatable bonds is 7. The van der Waals surface area contributed by atoms with Gasteiger partial charge in [0.1, 0.15) is 5.75 Å². The van der Waals surface area contributed by atoms with Crippen LogP contribution >= 0.6 is 0 Å². The topological polar surface area (TPSA) is 58.6 Å². The van der Waals surface area contributed by atoms with E-state index in [1.54, 1.807) is 0 Å². The van der Waals surface area contributed by atoms with Crippen molar-refractivity contribution in [3.05, 3.63) is 29.3 Å². The number of ether oxygens (including phenoxy) is 1. The van der Waals surface area contributed by atoms with E-state index in [0.717, 1.165) is 55.6 Å². The second-order valence-corrected chi connectivity index (χ2v) is 7.24. The summed E-state index contributed by atoms with van der Waals surface area (Å²) in [7, 11) is 0. The molecule has 1 aliphatic rings. The van der Waals surface area contributed by atoms with Crippen molar-refractivity contribution in [2.24, 2.45) is 5.92 Å². The fraction of sp³-hybridized carbons (Fsp3) is 0.619. The highest BCUT2D eigenvalue weighted by Crippen LogP contribution is 2.19. The Morgan fingerprint density at radius 3 is 2.46 bits per heavy atom. The maximum absolute atomic E-state index is 12.4. The first kappa shape index (κ1) is 20.3. The third kappa shape index (κ3) is 5.48. The second-order valence-electron chi connectivity index (χ2n) is 7.24. The van der Waals surface area contributed by atoms with Crippen LogP contribution in [-0.4, -0.2) is 42.5 Å². The predicted octanol–water partition coefficient (Wildman–Crippen LogP) is 3.23. The van der Waals surface area contributed by atoms with Crippen LogP contribution in [0.3, 0.4) is 0 Å². The molecule has 0 spiro atoms. The van der Waals surface area contributed by atoms with Gasteiger partial charge in [-0.1, -0.05) is 26.0 Å². The van der Waals surface area contributed by atoms with E-state index >= 15 is 0 Å². The summed E-state index contributed by atoms with van der Waals surface area (Å²) in [5.74, 6) is 1.05. The first-order chi connectivity index (χ1) is 12.4. The number of amides is 2. The normalized spacial score (nSPS) is 15.2. The molecule has 0 radical (unpaired) electrons. The van der Waals surface area contributed by atoms with Crippen molar-refractivity contribution in [1.29, 1.82) is 0 Å². The molecule has 1 aromatic rings. The van der Waals surface area contributed by atoms with Crippen molar-refractivity contribution >= 4 is 11.8 Å². The van der Waals surface area contributed by atoms with Gasteiger partial charge in [0.05, 0.1) is 0 Å². The van der Waals surface area contributed by atoms with Gasteiger partial charge in [-0.15, -0.1) is 0 Å². The number of carbonyl (C=O) groups excluding carboxylic acids is 2. The molecule has 0 saturated carbocycles. The molecule has 5 nitrogen and oxygen atoms in total. The largest absolute Gasteiger partial charge is 0.483 e. The fourth-order valence-corrected chi connectivity index (χ4v) is 3.42. The van der Waals surface area contributed by atoms with Gasteiger partial charge in [-0.3, -0.25) is 9.59 Å². The van der Waals surface area contributed by atoms with Crippen molar-refractivity contribution in [2.45, 2.75) is 59.4 Å². The van der Waals surface area contributed by atoms with E-state index in [1.165, 1.54) is 0 Å². The quantitative estimate of drug-likeness (QED) is 0.812. The van der Waals surface area contributed by atoms with Crippen LogP contribution in [0.1, 0.15) is 50.7 Å². The Hall–Kier alpha value is -2.04. The Morgan fingerprint density at radius 1 is 1.19 bits per heavy atom. The summed E-state index contributed by atoms with van der Waals surface area (Å²) in [6.07, 6.45) is 3.39. The van der Waals surface area contributed by atoms with Crippen LogP contribution in [0, 0.1) is 19.8 Å². The number of hydrogen-bond acceptors (Lipinski definition) is 3. The first-order valence-corrected chi connectivity index (χ1v) is 9.72. The minimum Gasteiger partial charge on any atom is -0.483 e. The molecule has 0 bridgehead atoms. The third-order valence-corrected chi connectivity index (χ3v) is 5.21. The van der Waals surface area contributed by atoms with Crippen molar-refractivity contribution in [1.82, 2.24) is 10.2 Å². The minimum absolute atomic E-state index is 0.0250. The molecular weight excluding hydrogens is 328 g/mol. The average molecular weight is 360 g/mol. The number of piperidine rings is 1. The standard InChI is InChI=1S/C21H32N2O3/c1-5-17(6-2)21(25)23-11-9-18(10-12-23)22-20(24)14-26-19-13-15(3)7-8-16(19)4/h7-8,13,17-18H,5-6,9-12,14H2,1-4H3,(H,22,24). The summed E-state index contributed by atoms with van der Waals surface area (Å²) >= 11 is 0. The summed E-state index contributed by atoms with van der Waals surface area (Å²) in [5.41, 5.74) is 2.14. The van der Waals surface area contributed by atoms with Crippen LogP contribution in [-0.2, 0) is 9.59 Å². The molecule has 2 amide bonds. The third-order valence-electron chi connectivity index (χ3n) is 5.21. The molecule has 0 aliphatic carbocycles. The molecule has 1 heterocycles. The lowest BCUT2D eigenvalue weighted by atomic mass is 9.98. The van der Waals surface area contributed by atoms with Crippen molar-refractivity contribution in [3.8, 4) is 5.75 Å². The van der Waals surface area contributed by atoms with E-state index in [2.05, 4.69) is 19.2 Å². The van der Waals surface area contributed by atoms with Crippen LogP contribution in [0.15, 0.2) is 18.2 Å². The Kier molecular flexibility index (Phi) is 7.49. The number of aryl methyl sites for hydroxylation is 2. The van der Waals surface area contributed by atoms with E-state index in [4.69, 9.17) is 4.74 Å². The molecule has 1 aliphatic heterocycles. The Labute approximate surface area is 157 Å². The molecule has 2 rings (SSSR count). The summed E-state index contributed by atoms with van der Waals surface area (Å²) in [4.78, 5) is 26.6. The number of nitrogens with zero attached hydrogens (tertiary/aromatic N) is 1. The predicted molar refractivity (Wildman–Crippen MR) is 103 cm³/mol. The van der Waals surface area contributed by atoms with Crippen LogP contribution in [0.4, 0.5) is 0 Å². The molecule has 144 valence electrons. The van der Waals surface area contributed by atoms with Crippen LogP contribution in [0.2, 0.25) is 0 Å². The molecule has 5 heteroatoms. The highest BCUT2D eigenvalue weighted by molar-refractivity contribution is 5.79. The fourth-order valence-electron chi connectivity index (χ4n) is 3.42. The number of likely N-dealkylation sites (tertiary alicyclic amines) is 1. The van der Waals surface area contributed by atoms with Crippen molar-refractivity contribution in [3.63, 3.8) is 0 Å². The van der Waals surface area contributed by atoms with E-state index in [0.29, 0.717) is 0 Å². The lowest BCUT2D eigenvalue weighted by Gasteiger charge is -2.34. The van der Waals surface area contributed by atoms with E-state index < -0.39 is 0 Å². The van der Waals surface area contributed by atoms with Crippen molar-refractivity contribution < 1.29 is 14.3 Å². The highest BCUT2D eigenvalue weighted by atomic mass is 16.5. The zero-order chi connectivity index (χ0) is 19.1. The zero-order valence-electron chi connectivity index (χ0n) is 16.5. The number of nitrogens with one attached hydrogen (secondary N) is 1. The van der Waals surface area contributed by atoms with Crippen LogP contribution in [0.25, 0.3) is 0 Å². The Balaban J connectivity index is 1.76. The van der Waals surface area contributed by atoms with Gasteiger partial charge in [0, 0.05) is 25.0 Å².